The van der Waals surface area contributed by atoms with Crippen LogP contribution in [0.2, 0.25) is 0 Å². The maximum atomic E-state index is 5.87. The van der Waals surface area contributed by atoms with E-state index in [0.29, 0.717) is 5.88 Å². The molecule has 3 rings (SSSR count). The summed E-state index contributed by atoms with van der Waals surface area (Å²) in [7, 11) is 2.00. The molecule has 0 aliphatic rings. The molecule has 0 unspecified atom stereocenters. The van der Waals surface area contributed by atoms with Crippen molar-refractivity contribution >= 4 is 22.6 Å². The predicted molar refractivity (Wildman–Crippen MR) is 73.5 cm³/mol. The van der Waals surface area contributed by atoms with Crippen molar-refractivity contribution in [2.45, 2.75) is 5.88 Å². The van der Waals surface area contributed by atoms with Crippen LogP contribution in [-0.4, -0.2) is 14.5 Å². The van der Waals surface area contributed by atoms with E-state index >= 15 is 0 Å². The van der Waals surface area contributed by atoms with Gasteiger partial charge in [-0.25, -0.2) is 4.98 Å². The summed E-state index contributed by atoms with van der Waals surface area (Å²) in [5.74, 6) is 1.45. The third-order valence-electron chi connectivity index (χ3n) is 3.02. The number of halogens is 1. The Balaban J connectivity index is 2.21. The second kappa shape index (κ2) is 4.42. The summed E-state index contributed by atoms with van der Waals surface area (Å²) in [4.78, 5) is 8.77. The number of nitrogens with zero attached hydrogens (tertiary/aromatic N) is 3. The van der Waals surface area contributed by atoms with Crippen LogP contribution in [0.3, 0.4) is 0 Å². The Hall–Kier alpha value is -1.87. The SMILES string of the molecule is Cn1c(-c2cccc(CCl)c2)nc2ccncc21. The van der Waals surface area contributed by atoms with Gasteiger partial charge in [-0.15, -0.1) is 11.6 Å². The highest BCUT2D eigenvalue weighted by atomic mass is 35.5. The van der Waals surface area contributed by atoms with Crippen LogP contribution in [-0.2, 0) is 12.9 Å². The molecule has 2 aromatic heterocycles. The Morgan fingerprint density at radius 3 is 2.94 bits per heavy atom. The van der Waals surface area contributed by atoms with E-state index in [1.807, 2.05) is 37.5 Å². The highest BCUT2D eigenvalue weighted by Gasteiger charge is 2.09. The van der Waals surface area contributed by atoms with E-state index in [-0.39, 0.29) is 0 Å². The van der Waals surface area contributed by atoms with E-state index in [2.05, 4.69) is 20.6 Å². The number of aromatic nitrogens is 3. The van der Waals surface area contributed by atoms with Crippen LogP contribution in [0.5, 0.6) is 0 Å². The lowest BCUT2D eigenvalue weighted by Gasteiger charge is -2.03. The van der Waals surface area contributed by atoms with Gasteiger partial charge in [0, 0.05) is 24.7 Å². The lowest BCUT2D eigenvalue weighted by atomic mass is 10.1. The van der Waals surface area contributed by atoms with Gasteiger partial charge in [-0.3, -0.25) is 4.98 Å². The largest absolute Gasteiger partial charge is 0.326 e. The maximum absolute atomic E-state index is 5.87. The number of alkyl halides is 1. The van der Waals surface area contributed by atoms with E-state index in [9.17, 15) is 0 Å². The minimum atomic E-state index is 0.513. The summed E-state index contributed by atoms with van der Waals surface area (Å²) >= 11 is 5.87. The average molecular weight is 258 g/mol. The molecular weight excluding hydrogens is 246 g/mol. The van der Waals surface area contributed by atoms with E-state index < -0.39 is 0 Å². The van der Waals surface area contributed by atoms with Gasteiger partial charge in [0.05, 0.1) is 17.2 Å². The first-order valence-electron chi connectivity index (χ1n) is 5.71. The van der Waals surface area contributed by atoms with Crippen molar-refractivity contribution < 1.29 is 0 Å². The van der Waals surface area contributed by atoms with Crippen LogP contribution < -0.4 is 0 Å². The number of pyridine rings is 1. The Bertz CT molecular complexity index is 703. The summed E-state index contributed by atoms with van der Waals surface area (Å²) in [6.07, 6.45) is 3.59. The Morgan fingerprint density at radius 1 is 1.28 bits per heavy atom. The first-order valence-corrected chi connectivity index (χ1v) is 6.25. The molecule has 0 saturated heterocycles. The maximum Gasteiger partial charge on any atom is 0.140 e. The van der Waals surface area contributed by atoms with Crippen molar-refractivity contribution in [3.8, 4) is 11.4 Å². The Labute approximate surface area is 110 Å². The molecular formula is C14H12ClN3. The smallest absolute Gasteiger partial charge is 0.140 e. The third-order valence-corrected chi connectivity index (χ3v) is 3.33. The van der Waals surface area contributed by atoms with E-state index in [1.165, 1.54) is 0 Å². The highest BCUT2D eigenvalue weighted by Crippen LogP contribution is 2.24. The van der Waals surface area contributed by atoms with Gasteiger partial charge in [-0.05, 0) is 17.7 Å². The fourth-order valence-corrected chi connectivity index (χ4v) is 2.25. The van der Waals surface area contributed by atoms with Gasteiger partial charge in [0.1, 0.15) is 5.82 Å². The molecule has 4 heteroatoms. The summed E-state index contributed by atoms with van der Waals surface area (Å²) in [5, 5.41) is 0. The number of aryl methyl sites for hydroxylation is 1. The van der Waals surface area contributed by atoms with Crippen LogP contribution >= 0.6 is 11.6 Å². The van der Waals surface area contributed by atoms with Gasteiger partial charge in [-0.1, -0.05) is 18.2 Å². The van der Waals surface area contributed by atoms with Gasteiger partial charge in [-0.2, -0.15) is 0 Å². The standard InChI is InChI=1S/C14H12ClN3/c1-18-13-9-16-6-5-12(13)17-14(18)11-4-2-3-10(7-11)8-15/h2-7,9H,8H2,1H3. The zero-order chi connectivity index (χ0) is 12.5. The average Bonchev–Trinajstić information content (AvgIpc) is 2.77. The molecule has 0 amide bonds. The van der Waals surface area contributed by atoms with E-state index in [4.69, 9.17) is 11.6 Å². The highest BCUT2D eigenvalue weighted by molar-refractivity contribution is 6.17. The molecule has 0 aliphatic heterocycles. The van der Waals surface area contributed by atoms with Gasteiger partial charge < -0.3 is 4.57 Å². The zero-order valence-electron chi connectivity index (χ0n) is 9.97. The fourth-order valence-electron chi connectivity index (χ4n) is 2.09. The Morgan fingerprint density at radius 2 is 2.17 bits per heavy atom. The number of hydrogen-bond acceptors (Lipinski definition) is 2. The van der Waals surface area contributed by atoms with E-state index in [0.717, 1.165) is 28.0 Å². The second-order valence-electron chi connectivity index (χ2n) is 4.19. The summed E-state index contributed by atoms with van der Waals surface area (Å²) in [5.41, 5.74) is 4.16. The lowest BCUT2D eigenvalue weighted by molar-refractivity contribution is 0.956. The molecule has 0 N–H and O–H groups in total. The molecule has 18 heavy (non-hydrogen) atoms. The number of rotatable bonds is 2. The minimum Gasteiger partial charge on any atom is -0.326 e. The predicted octanol–water partition coefficient (Wildman–Crippen LogP) is 3.37. The van der Waals surface area contributed by atoms with Gasteiger partial charge in [0.25, 0.3) is 0 Å². The molecule has 0 radical (unpaired) electrons. The lowest BCUT2D eigenvalue weighted by Crippen LogP contribution is -1.93. The number of hydrogen-bond donors (Lipinski definition) is 0. The molecule has 0 spiro atoms. The molecule has 3 aromatic rings. The number of fused-ring (bicyclic) bond motifs is 1. The van der Waals surface area contributed by atoms with Crippen molar-refractivity contribution in [1.82, 2.24) is 14.5 Å². The third kappa shape index (κ3) is 1.77. The number of benzene rings is 1. The monoisotopic (exact) mass is 257 g/mol. The quantitative estimate of drug-likeness (QED) is 0.659. The molecule has 2 heterocycles. The van der Waals surface area contributed by atoms with Crippen molar-refractivity contribution in [3.63, 3.8) is 0 Å². The van der Waals surface area contributed by atoms with Crippen molar-refractivity contribution in [1.29, 1.82) is 0 Å². The molecule has 0 aliphatic carbocycles. The van der Waals surface area contributed by atoms with Crippen LogP contribution in [0.1, 0.15) is 5.56 Å². The van der Waals surface area contributed by atoms with Gasteiger partial charge in [0.15, 0.2) is 0 Å². The van der Waals surface area contributed by atoms with Crippen molar-refractivity contribution in [2.24, 2.45) is 7.05 Å². The normalized spacial score (nSPS) is 11.0. The first kappa shape index (κ1) is 11.2. The van der Waals surface area contributed by atoms with Crippen LogP contribution in [0.25, 0.3) is 22.4 Å². The van der Waals surface area contributed by atoms with Crippen LogP contribution in [0.4, 0.5) is 0 Å². The molecule has 0 atom stereocenters. The minimum absolute atomic E-state index is 0.513. The van der Waals surface area contributed by atoms with Crippen molar-refractivity contribution in [2.75, 3.05) is 0 Å². The summed E-state index contributed by atoms with van der Waals surface area (Å²) in [6, 6.07) is 10.1. The fraction of sp³-hybridized carbons (Fsp3) is 0.143. The second-order valence-corrected chi connectivity index (χ2v) is 4.46. The van der Waals surface area contributed by atoms with E-state index in [1.54, 1.807) is 6.20 Å². The Kier molecular flexibility index (Phi) is 2.76. The van der Waals surface area contributed by atoms with Crippen LogP contribution in [0.15, 0.2) is 42.7 Å². The summed E-state index contributed by atoms with van der Waals surface area (Å²) < 4.78 is 2.05. The topological polar surface area (TPSA) is 30.7 Å². The summed E-state index contributed by atoms with van der Waals surface area (Å²) in [6.45, 7) is 0. The molecule has 90 valence electrons. The zero-order valence-corrected chi connectivity index (χ0v) is 10.7. The molecule has 0 fully saturated rings. The van der Waals surface area contributed by atoms with Crippen LogP contribution in [0, 0.1) is 0 Å². The molecule has 0 bridgehead atoms. The number of imidazole rings is 1. The van der Waals surface area contributed by atoms with Crippen molar-refractivity contribution in [3.05, 3.63) is 48.3 Å². The molecule has 3 nitrogen and oxygen atoms in total. The molecule has 0 saturated carbocycles. The first-order chi connectivity index (χ1) is 8.79. The van der Waals surface area contributed by atoms with Gasteiger partial charge >= 0.3 is 0 Å². The van der Waals surface area contributed by atoms with Gasteiger partial charge in [0.2, 0.25) is 0 Å². The molecule has 1 aromatic carbocycles.